The normalized spacial score (nSPS) is 13.6. The van der Waals surface area contributed by atoms with Crippen LogP contribution in [0.15, 0.2) is 23.4 Å². The van der Waals surface area contributed by atoms with Crippen molar-refractivity contribution in [1.82, 2.24) is 0 Å². The summed E-state index contributed by atoms with van der Waals surface area (Å²) < 4.78 is 75.3. The molecule has 0 saturated heterocycles. The number of nitrogens with zero attached hydrogens (tertiary/aromatic N) is 1. The van der Waals surface area contributed by atoms with E-state index in [1.165, 1.54) is 6.92 Å². The van der Waals surface area contributed by atoms with E-state index < -0.39 is 23.5 Å². The highest BCUT2D eigenvalue weighted by Crippen LogP contribution is 2.36. The molecule has 0 atom stereocenters. The smallest absolute Gasteiger partial charge is 0.399 e. The summed E-state index contributed by atoms with van der Waals surface area (Å²) >= 11 is 0. The van der Waals surface area contributed by atoms with Gasteiger partial charge in [0.05, 0.1) is 16.8 Å². The molecule has 0 aliphatic heterocycles. The minimum absolute atomic E-state index is 0.0591. The number of alkyl halides is 6. The van der Waals surface area contributed by atoms with Crippen LogP contribution in [0.25, 0.3) is 0 Å². The van der Waals surface area contributed by atoms with Crippen LogP contribution in [0.3, 0.4) is 0 Å². The number of benzene rings is 1. The van der Waals surface area contributed by atoms with Gasteiger partial charge in [-0.25, -0.2) is 0 Å². The Morgan fingerprint density at radius 1 is 0.947 bits per heavy atom. The van der Waals surface area contributed by atoms with Crippen LogP contribution in [0.2, 0.25) is 0 Å². The SMILES string of the molecule is CON=C(C)c1cc(C(F)(F)F)cc(C(F)(F)F)c1. The summed E-state index contributed by atoms with van der Waals surface area (Å²) in [6.07, 6.45) is -9.74. The van der Waals surface area contributed by atoms with E-state index in [1.807, 2.05) is 0 Å². The van der Waals surface area contributed by atoms with E-state index in [0.717, 1.165) is 7.11 Å². The Morgan fingerprint density at radius 2 is 1.37 bits per heavy atom. The predicted octanol–water partition coefficient (Wildman–Crippen LogP) is 4.09. The fourth-order valence-electron chi connectivity index (χ4n) is 1.35. The first-order chi connectivity index (χ1) is 8.55. The molecule has 19 heavy (non-hydrogen) atoms. The van der Waals surface area contributed by atoms with Gasteiger partial charge in [0.2, 0.25) is 0 Å². The van der Waals surface area contributed by atoms with Crippen molar-refractivity contribution in [1.29, 1.82) is 0 Å². The van der Waals surface area contributed by atoms with Gasteiger partial charge in [0, 0.05) is 5.56 Å². The van der Waals surface area contributed by atoms with E-state index in [0.29, 0.717) is 12.1 Å². The molecular weight excluding hydrogens is 276 g/mol. The van der Waals surface area contributed by atoms with Crippen LogP contribution in [0.5, 0.6) is 0 Å². The van der Waals surface area contributed by atoms with E-state index in [-0.39, 0.29) is 17.3 Å². The van der Waals surface area contributed by atoms with Crippen LogP contribution < -0.4 is 0 Å². The summed E-state index contributed by atoms with van der Waals surface area (Å²) in [5.74, 6) is 0. The molecular formula is C11H9F6NO. The summed E-state index contributed by atoms with van der Waals surface area (Å²) in [5, 5.41) is 3.32. The van der Waals surface area contributed by atoms with Gasteiger partial charge in [0.15, 0.2) is 0 Å². The number of oxime groups is 1. The van der Waals surface area contributed by atoms with Gasteiger partial charge in [0.25, 0.3) is 0 Å². The minimum Gasteiger partial charge on any atom is -0.399 e. The van der Waals surface area contributed by atoms with Gasteiger partial charge in [-0.15, -0.1) is 0 Å². The average Bonchev–Trinajstić information content (AvgIpc) is 2.26. The van der Waals surface area contributed by atoms with E-state index in [9.17, 15) is 26.3 Å². The standard InChI is InChI=1S/C11H9F6NO/c1-6(18-19-2)7-3-8(10(12,13)14)5-9(4-7)11(15,16)17/h3-5H,1-2H3. The lowest BCUT2D eigenvalue weighted by atomic mass is 10.0. The van der Waals surface area contributed by atoms with Gasteiger partial charge < -0.3 is 4.84 Å². The van der Waals surface area contributed by atoms with Crippen molar-refractivity contribution in [2.75, 3.05) is 7.11 Å². The zero-order valence-corrected chi connectivity index (χ0v) is 9.86. The van der Waals surface area contributed by atoms with E-state index >= 15 is 0 Å². The Hall–Kier alpha value is -1.73. The first-order valence-corrected chi connectivity index (χ1v) is 4.93. The van der Waals surface area contributed by atoms with E-state index in [4.69, 9.17) is 0 Å². The van der Waals surface area contributed by atoms with Crippen molar-refractivity contribution in [3.63, 3.8) is 0 Å². The lowest BCUT2D eigenvalue weighted by Gasteiger charge is -2.13. The maximum Gasteiger partial charge on any atom is 0.416 e. The van der Waals surface area contributed by atoms with Crippen molar-refractivity contribution in [3.8, 4) is 0 Å². The number of rotatable bonds is 2. The Kier molecular flexibility index (Phi) is 4.12. The van der Waals surface area contributed by atoms with Crippen LogP contribution in [-0.4, -0.2) is 12.8 Å². The third-order valence-corrected chi connectivity index (χ3v) is 2.23. The Morgan fingerprint density at radius 3 is 1.68 bits per heavy atom. The molecule has 0 aliphatic rings. The molecule has 1 aromatic rings. The van der Waals surface area contributed by atoms with Gasteiger partial charge in [0.1, 0.15) is 7.11 Å². The number of hydrogen-bond acceptors (Lipinski definition) is 2. The summed E-state index contributed by atoms with van der Waals surface area (Å²) in [6, 6.07) is 1.24. The zero-order chi connectivity index (χ0) is 14.8. The van der Waals surface area contributed by atoms with Gasteiger partial charge in [-0.1, -0.05) is 5.16 Å². The molecule has 0 aromatic heterocycles. The monoisotopic (exact) mass is 285 g/mol. The topological polar surface area (TPSA) is 21.6 Å². The maximum absolute atomic E-state index is 12.5. The van der Waals surface area contributed by atoms with Crippen molar-refractivity contribution >= 4 is 5.71 Å². The lowest BCUT2D eigenvalue weighted by molar-refractivity contribution is -0.143. The third kappa shape index (κ3) is 3.87. The van der Waals surface area contributed by atoms with Gasteiger partial charge >= 0.3 is 12.4 Å². The molecule has 0 amide bonds. The maximum atomic E-state index is 12.5. The van der Waals surface area contributed by atoms with Crippen LogP contribution in [0.1, 0.15) is 23.6 Å². The first-order valence-electron chi connectivity index (χ1n) is 4.93. The highest BCUT2D eigenvalue weighted by molar-refractivity contribution is 5.98. The molecule has 0 heterocycles. The molecule has 1 aromatic carbocycles. The van der Waals surface area contributed by atoms with Gasteiger partial charge in [-0.2, -0.15) is 26.3 Å². The minimum atomic E-state index is -4.87. The molecule has 106 valence electrons. The predicted molar refractivity (Wildman–Crippen MR) is 55.7 cm³/mol. The van der Waals surface area contributed by atoms with Crippen molar-refractivity contribution in [3.05, 3.63) is 34.9 Å². The van der Waals surface area contributed by atoms with Crippen molar-refractivity contribution in [2.45, 2.75) is 19.3 Å². The lowest BCUT2D eigenvalue weighted by Crippen LogP contribution is -2.13. The number of halogens is 6. The quantitative estimate of drug-likeness (QED) is 0.455. The number of hydrogen-bond donors (Lipinski definition) is 0. The summed E-state index contributed by atoms with van der Waals surface area (Å²) in [6.45, 7) is 1.25. The second-order valence-corrected chi connectivity index (χ2v) is 3.65. The van der Waals surface area contributed by atoms with E-state index in [1.54, 1.807) is 0 Å². The first kappa shape index (κ1) is 15.3. The fraction of sp³-hybridized carbons (Fsp3) is 0.364. The molecule has 0 fully saturated rings. The second-order valence-electron chi connectivity index (χ2n) is 3.65. The van der Waals surface area contributed by atoms with Crippen LogP contribution in [0, 0.1) is 0 Å². The molecule has 8 heteroatoms. The fourth-order valence-corrected chi connectivity index (χ4v) is 1.35. The van der Waals surface area contributed by atoms with Gasteiger partial charge in [-0.05, 0) is 25.1 Å². The highest BCUT2D eigenvalue weighted by Gasteiger charge is 2.37. The summed E-state index contributed by atoms with van der Waals surface area (Å²) in [5.41, 5.74) is -3.16. The molecule has 0 spiro atoms. The molecule has 0 aliphatic carbocycles. The van der Waals surface area contributed by atoms with Gasteiger partial charge in [-0.3, -0.25) is 0 Å². The van der Waals surface area contributed by atoms with Crippen molar-refractivity contribution < 1.29 is 31.2 Å². The average molecular weight is 285 g/mol. The van der Waals surface area contributed by atoms with E-state index in [2.05, 4.69) is 9.99 Å². The van der Waals surface area contributed by atoms with Crippen LogP contribution in [0.4, 0.5) is 26.3 Å². The molecule has 0 unspecified atom stereocenters. The molecule has 1 rings (SSSR count). The molecule has 0 N–H and O–H groups in total. The second kappa shape index (κ2) is 5.10. The Bertz CT molecular complexity index is 457. The Balaban J connectivity index is 3.46. The largest absolute Gasteiger partial charge is 0.416 e. The molecule has 0 bridgehead atoms. The third-order valence-electron chi connectivity index (χ3n) is 2.23. The molecule has 0 saturated carbocycles. The van der Waals surface area contributed by atoms with Crippen LogP contribution >= 0.6 is 0 Å². The highest BCUT2D eigenvalue weighted by atomic mass is 19.4. The summed E-state index contributed by atoms with van der Waals surface area (Å²) in [4.78, 5) is 4.33. The van der Waals surface area contributed by atoms with Crippen molar-refractivity contribution in [2.24, 2.45) is 5.16 Å². The Labute approximate surface area is 104 Å². The van der Waals surface area contributed by atoms with Crippen LogP contribution in [-0.2, 0) is 17.2 Å². The summed E-state index contributed by atoms with van der Waals surface area (Å²) in [7, 11) is 1.14. The zero-order valence-electron chi connectivity index (χ0n) is 9.86. The molecule has 0 radical (unpaired) electrons. The molecule has 2 nitrogen and oxygen atoms in total.